The van der Waals surface area contributed by atoms with Crippen LogP contribution in [0.4, 0.5) is 21.5 Å². The van der Waals surface area contributed by atoms with E-state index < -0.39 is 11.8 Å². The highest BCUT2D eigenvalue weighted by Gasteiger charge is 2.22. The first-order valence-corrected chi connectivity index (χ1v) is 10.8. The summed E-state index contributed by atoms with van der Waals surface area (Å²) >= 11 is 0. The van der Waals surface area contributed by atoms with Crippen LogP contribution in [0, 0.1) is 5.82 Å². The Morgan fingerprint density at radius 3 is 2.14 bits per heavy atom. The standard InChI is InChI=1S/C27H21FN4O3/c28-22-13-7-8-14-23(22)30-25-21(27(33)35-18-20-11-5-2-6-12-20)15-16-24(31-32-29)26(25)34-17-19-9-3-1-4-10-19/h1-16,30H,17-18H2. The zero-order valence-electron chi connectivity index (χ0n) is 18.6. The van der Waals surface area contributed by atoms with Crippen molar-refractivity contribution in [2.75, 3.05) is 5.32 Å². The van der Waals surface area contributed by atoms with E-state index in [9.17, 15) is 9.18 Å². The van der Waals surface area contributed by atoms with Gasteiger partial charge in [0, 0.05) is 4.91 Å². The SMILES string of the molecule is [N-]=[N+]=Nc1ccc(C(=O)OCc2ccccc2)c(Nc2ccccc2F)c1OCc1ccccc1. The smallest absolute Gasteiger partial charge is 0.340 e. The molecule has 35 heavy (non-hydrogen) atoms. The Labute approximate surface area is 201 Å². The van der Waals surface area contributed by atoms with Gasteiger partial charge in [-0.05, 0) is 40.9 Å². The van der Waals surface area contributed by atoms with E-state index in [-0.39, 0.29) is 41.6 Å². The lowest BCUT2D eigenvalue weighted by molar-refractivity contribution is 0.0473. The first kappa shape index (κ1) is 23.4. The van der Waals surface area contributed by atoms with Crippen molar-refractivity contribution in [2.45, 2.75) is 13.2 Å². The number of hydrogen-bond donors (Lipinski definition) is 1. The van der Waals surface area contributed by atoms with Gasteiger partial charge in [-0.3, -0.25) is 0 Å². The van der Waals surface area contributed by atoms with Crippen molar-refractivity contribution < 1.29 is 18.7 Å². The van der Waals surface area contributed by atoms with Crippen molar-refractivity contribution in [3.63, 3.8) is 0 Å². The largest absolute Gasteiger partial charge is 0.486 e. The number of benzene rings is 4. The molecule has 1 N–H and O–H groups in total. The lowest BCUT2D eigenvalue weighted by Crippen LogP contribution is -2.10. The summed E-state index contributed by atoms with van der Waals surface area (Å²) in [7, 11) is 0. The zero-order valence-corrected chi connectivity index (χ0v) is 18.6. The van der Waals surface area contributed by atoms with Crippen LogP contribution in [0.1, 0.15) is 21.5 Å². The van der Waals surface area contributed by atoms with Gasteiger partial charge in [0.15, 0.2) is 5.75 Å². The number of nitrogens with one attached hydrogen (secondary N) is 1. The van der Waals surface area contributed by atoms with Crippen LogP contribution in [-0.4, -0.2) is 5.97 Å². The molecule has 0 unspecified atom stereocenters. The minimum atomic E-state index is -0.648. The Morgan fingerprint density at radius 1 is 0.857 bits per heavy atom. The third-order valence-electron chi connectivity index (χ3n) is 5.08. The number of carbonyl (C=O) groups excluding carboxylic acids is 1. The monoisotopic (exact) mass is 468 g/mol. The van der Waals surface area contributed by atoms with Gasteiger partial charge in [-0.1, -0.05) is 77.9 Å². The lowest BCUT2D eigenvalue weighted by atomic mass is 10.1. The number of azide groups is 1. The first-order chi connectivity index (χ1) is 17.2. The second-order valence-corrected chi connectivity index (χ2v) is 7.47. The van der Waals surface area contributed by atoms with Gasteiger partial charge in [0.2, 0.25) is 0 Å². The van der Waals surface area contributed by atoms with Gasteiger partial charge in [-0.2, -0.15) is 0 Å². The lowest BCUT2D eigenvalue weighted by Gasteiger charge is -2.19. The van der Waals surface area contributed by atoms with Crippen LogP contribution in [0.15, 0.2) is 102 Å². The van der Waals surface area contributed by atoms with Crippen molar-refractivity contribution in [1.82, 2.24) is 0 Å². The maximum Gasteiger partial charge on any atom is 0.340 e. The van der Waals surface area contributed by atoms with Crippen LogP contribution in [0.2, 0.25) is 0 Å². The molecule has 8 heteroatoms. The summed E-state index contributed by atoms with van der Waals surface area (Å²) in [6, 6.07) is 27.5. The summed E-state index contributed by atoms with van der Waals surface area (Å²) in [6.07, 6.45) is 0. The summed E-state index contributed by atoms with van der Waals surface area (Å²) < 4.78 is 26.0. The van der Waals surface area contributed by atoms with Gasteiger partial charge in [-0.25, -0.2) is 9.18 Å². The molecule has 0 spiro atoms. The maximum atomic E-state index is 14.5. The molecular weight excluding hydrogens is 447 g/mol. The van der Waals surface area contributed by atoms with Crippen molar-refractivity contribution in [2.24, 2.45) is 5.11 Å². The summed E-state index contributed by atoms with van der Waals surface area (Å²) in [5.74, 6) is -1.08. The molecule has 0 aliphatic carbocycles. The van der Waals surface area contributed by atoms with E-state index in [0.717, 1.165) is 11.1 Å². The van der Waals surface area contributed by atoms with Crippen LogP contribution in [0.5, 0.6) is 5.75 Å². The topological polar surface area (TPSA) is 96.3 Å². The molecule has 0 atom stereocenters. The van der Waals surface area contributed by atoms with Crippen molar-refractivity contribution in [3.8, 4) is 5.75 Å². The number of rotatable bonds is 9. The number of carbonyl (C=O) groups is 1. The Morgan fingerprint density at radius 2 is 1.49 bits per heavy atom. The molecule has 0 bridgehead atoms. The number of nitrogens with zero attached hydrogens (tertiary/aromatic N) is 3. The number of halogens is 1. The average molecular weight is 468 g/mol. The third kappa shape index (κ3) is 5.96. The fourth-order valence-electron chi connectivity index (χ4n) is 3.37. The molecular formula is C27H21FN4O3. The number of para-hydroxylation sites is 1. The van der Waals surface area contributed by atoms with E-state index in [2.05, 4.69) is 15.3 Å². The minimum Gasteiger partial charge on any atom is -0.486 e. The quantitative estimate of drug-likeness (QED) is 0.119. The molecule has 0 aromatic heterocycles. The summed E-state index contributed by atoms with van der Waals surface area (Å²) in [5.41, 5.74) is 11.2. The molecule has 0 radical (unpaired) electrons. The highest BCUT2D eigenvalue weighted by atomic mass is 19.1. The summed E-state index contributed by atoms with van der Waals surface area (Å²) in [5, 5.41) is 6.65. The second-order valence-electron chi connectivity index (χ2n) is 7.47. The number of hydrogen-bond acceptors (Lipinski definition) is 5. The fourth-order valence-corrected chi connectivity index (χ4v) is 3.37. The normalized spacial score (nSPS) is 10.2. The zero-order chi connectivity index (χ0) is 24.5. The van der Waals surface area contributed by atoms with Gasteiger partial charge in [0.05, 0.1) is 22.6 Å². The Bertz CT molecular complexity index is 1360. The first-order valence-electron chi connectivity index (χ1n) is 10.8. The van der Waals surface area contributed by atoms with Gasteiger partial charge in [0.25, 0.3) is 0 Å². The Balaban J connectivity index is 1.74. The fraction of sp³-hybridized carbons (Fsp3) is 0.0741. The molecule has 7 nitrogen and oxygen atoms in total. The molecule has 174 valence electrons. The highest BCUT2D eigenvalue weighted by Crippen LogP contribution is 2.41. The molecule has 4 aromatic carbocycles. The Kier molecular flexibility index (Phi) is 7.58. The van der Waals surface area contributed by atoms with Crippen molar-refractivity contribution in [1.29, 1.82) is 0 Å². The molecule has 0 saturated heterocycles. The van der Waals surface area contributed by atoms with Gasteiger partial charge in [0.1, 0.15) is 19.0 Å². The van der Waals surface area contributed by atoms with Gasteiger partial charge in [-0.15, -0.1) is 0 Å². The van der Waals surface area contributed by atoms with Crippen LogP contribution < -0.4 is 10.1 Å². The molecule has 0 aliphatic heterocycles. The third-order valence-corrected chi connectivity index (χ3v) is 5.08. The molecule has 4 aromatic rings. The van der Waals surface area contributed by atoms with Gasteiger partial charge >= 0.3 is 5.97 Å². The summed E-state index contributed by atoms with van der Waals surface area (Å²) in [6.45, 7) is 0.181. The van der Waals surface area contributed by atoms with E-state index in [1.807, 2.05) is 60.7 Å². The van der Waals surface area contributed by atoms with E-state index in [1.54, 1.807) is 12.1 Å². The van der Waals surface area contributed by atoms with E-state index in [0.29, 0.717) is 0 Å². The van der Waals surface area contributed by atoms with E-state index in [4.69, 9.17) is 15.0 Å². The Hall–Kier alpha value is -4.81. The van der Waals surface area contributed by atoms with Crippen molar-refractivity contribution in [3.05, 3.63) is 130 Å². The minimum absolute atomic E-state index is 0.0527. The molecule has 0 heterocycles. The van der Waals surface area contributed by atoms with Crippen LogP contribution in [0.3, 0.4) is 0 Å². The highest BCUT2D eigenvalue weighted by molar-refractivity contribution is 6.00. The average Bonchev–Trinajstić information content (AvgIpc) is 2.89. The second kappa shape index (κ2) is 11.4. The maximum absolute atomic E-state index is 14.5. The molecule has 0 fully saturated rings. The number of esters is 1. The molecule has 0 saturated carbocycles. The molecule has 0 aliphatic rings. The van der Waals surface area contributed by atoms with E-state index >= 15 is 0 Å². The van der Waals surface area contributed by atoms with Crippen LogP contribution >= 0.6 is 0 Å². The van der Waals surface area contributed by atoms with Crippen molar-refractivity contribution >= 4 is 23.0 Å². The predicted octanol–water partition coefficient (Wildman–Crippen LogP) is 7.45. The van der Waals surface area contributed by atoms with Gasteiger partial charge < -0.3 is 14.8 Å². The summed E-state index contributed by atoms with van der Waals surface area (Å²) in [4.78, 5) is 16.0. The molecule has 4 rings (SSSR count). The van der Waals surface area contributed by atoms with Crippen LogP contribution in [-0.2, 0) is 18.0 Å². The number of ether oxygens (including phenoxy) is 2. The molecule has 0 amide bonds. The predicted molar refractivity (Wildman–Crippen MR) is 131 cm³/mol. The number of anilines is 2. The van der Waals surface area contributed by atoms with Crippen LogP contribution in [0.25, 0.3) is 10.4 Å². The van der Waals surface area contributed by atoms with E-state index in [1.165, 1.54) is 24.3 Å².